The number of hydrogen-bond acceptors (Lipinski definition) is 2. The lowest BCUT2D eigenvalue weighted by Crippen LogP contribution is -2.53. The van der Waals surface area contributed by atoms with Gasteiger partial charge < -0.3 is 10.4 Å². The molecule has 0 aromatic heterocycles. The minimum absolute atomic E-state index is 0.552. The van der Waals surface area contributed by atoms with Crippen LogP contribution in [0.25, 0.3) is 0 Å². The van der Waals surface area contributed by atoms with E-state index in [2.05, 4.69) is 19.2 Å². The summed E-state index contributed by atoms with van der Waals surface area (Å²) >= 11 is 0. The third-order valence-corrected chi connectivity index (χ3v) is 4.10. The monoisotopic (exact) mass is 241 g/mol. The molecule has 0 aromatic rings. The van der Waals surface area contributed by atoms with Gasteiger partial charge in [-0.15, -0.1) is 0 Å². The molecule has 0 heterocycles. The molecule has 0 radical (unpaired) electrons. The first-order valence-electron chi connectivity index (χ1n) is 7.09. The van der Waals surface area contributed by atoms with Crippen molar-refractivity contribution in [2.24, 2.45) is 5.92 Å². The highest BCUT2D eigenvalue weighted by atomic mass is 16.4. The Labute approximate surface area is 105 Å². The third-order valence-electron chi connectivity index (χ3n) is 4.10. The van der Waals surface area contributed by atoms with E-state index >= 15 is 0 Å². The zero-order valence-electron chi connectivity index (χ0n) is 11.3. The molecule has 0 aromatic carbocycles. The molecule has 0 bridgehead atoms. The van der Waals surface area contributed by atoms with Gasteiger partial charge in [0.1, 0.15) is 5.54 Å². The van der Waals surface area contributed by atoms with Crippen LogP contribution in [0.2, 0.25) is 0 Å². The zero-order chi connectivity index (χ0) is 12.7. The van der Waals surface area contributed by atoms with E-state index < -0.39 is 11.5 Å². The van der Waals surface area contributed by atoms with E-state index in [1.165, 1.54) is 19.3 Å². The van der Waals surface area contributed by atoms with Crippen LogP contribution in [0.15, 0.2) is 0 Å². The molecule has 2 N–H and O–H groups in total. The quantitative estimate of drug-likeness (QED) is 0.777. The van der Waals surface area contributed by atoms with Crippen molar-refractivity contribution >= 4 is 5.97 Å². The van der Waals surface area contributed by atoms with Gasteiger partial charge in [-0.05, 0) is 25.3 Å². The Hall–Kier alpha value is -0.570. The molecule has 0 saturated heterocycles. The minimum Gasteiger partial charge on any atom is -0.480 e. The van der Waals surface area contributed by atoms with Crippen LogP contribution in [0.5, 0.6) is 0 Å². The molecule has 0 aliphatic heterocycles. The Kier molecular flexibility index (Phi) is 5.96. The zero-order valence-corrected chi connectivity index (χ0v) is 11.3. The maximum atomic E-state index is 11.6. The van der Waals surface area contributed by atoms with Gasteiger partial charge in [-0.25, -0.2) is 0 Å². The molecule has 1 rings (SSSR count). The molecule has 1 aliphatic rings. The fourth-order valence-corrected chi connectivity index (χ4v) is 2.49. The smallest absolute Gasteiger partial charge is 0.323 e. The van der Waals surface area contributed by atoms with Crippen molar-refractivity contribution in [3.8, 4) is 0 Å². The second-order valence-corrected chi connectivity index (χ2v) is 5.55. The molecule has 3 nitrogen and oxygen atoms in total. The van der Waals surface area contributed by atoms with Crippen LogP contribution < -0.4 is 5.32 Å². The van der Waals surface area contributed by atoms with E-state index in [0.29, 0.717) is 5.92 Å². The molecule has 1 aliphatic carbocycles. The number of hydrogen-bond donors (Lipinski definition) is 2. The third kappa shape index (κ3) is 4.30. The predicted molar refractivity (Wildman–Crippen MR) is 70.1 cm³/mol. The highest BCUT2D eigenvalue weighted by Crippen LogP contribution is 2.27. The molecule has 3 heteroatoms. The summed E-state index contributed by atoms with van der Waals surface area (Å²) in [5.74, 6) is -0.0978. The van der Waals surface area contributed by atoms with Crippen molar-refractivity contribution in [3.05, 3.63) is 0 Å². The van der Waals surface area contributed by atoms with Gasteiger partial charge in [-0.2, -0.15) is 0 Å². The summed E-state index contributed by atoms with van der Waals surface area (Å²) in [5, 5.41) is 12.9. The Morgan fingerprint density at radius 1 is 1.24 bits per heavy atom. The summed E-state index contributed by atoms with van der Waals surface area (Å²) in [6.45, 7) is 5.15. The molecule has 1 unspecified atom stereocenters. The molecule has 17 heavy (non-hydrogen) atoms. The first-order chi connectivity index (χ1) is 8.10. The minimum atomic E-state index is -0.650. The molecular weight excluding hydrogens is 214 g/mol. The summed E-state index contributed by atoms with van der Waals surface area (Å²) in [7, 11) is 0. The van der Waals surface area contributed by atoms with E-state index in [9.17, 15) is 9.90 Å². The van der Waals surface area contributed by atoms with Crippen molar-refractivity contribution in [2.45, 2.75) is 70.8 Å². The second-order valence-electron chi connectivity index (χ2n) is 5.55. The van der Waals surface area contributed by atoms with Gasteiger partial charge in [0.05, 0.1) is 0 Å². The lowest BCUT2D eigenvalue weighted by molar-refractivity contribution is -0.146. The van der Waals surface area contributed by atoms with E-state index in [0.717, 1.165) is 38.6 Å². The number of aliphatic carboxylic acids is 1. The first kappa shape index (κ1) is 14.5. The normalized spacial score (nSPS) is 22.5. The maximum absolute atomic E-state index is 11.6. The van der Waals surface area contributed by atoms with E-state index in [4.69, 9.17) is 0 Å². The molecule has 1 fully saturated rings. The van der Waals surface area contributed by atoms with Crippen LogP contribution >= 0.6 is 0 Å². The van der Waals surface area contributed by atoms with Crippen molar-refractivity contribution in [2.75, 3.05) is 6.54 Å². The Morgan fingerprint density at radius 3 is 2.24 bits per heavy atom. The van der Waals surface area contributed by atoms with Gasteiger partial charge in [0.15, 0.2) is 0 Å². The summed E-state index contributed by atoms with van der Waals surface area (Å²) < 4.78 is 0. The van der Waals surface area contributed by atoms with Crippen LogP contribution in [0.3, 0.4) is 0 Å². The van der Waals surface area contributed by atoms with Crippen molar-refractivity contribution in [1.82, 2.24) is 5.32 Å². The molecule has 1 saturated carbocycles. The van der Waals surface area contributed by atoms with Crippen molar-refractivity contribution in [1.29, 1.82) is 0 Å². The van der Waals surface area contributed by atoms with Gasteiger partial charge in [0.2, 0.25) is 0 Å². The SMILES string of the molecule is CCC(C)CNC1(C(=O)O)CCCCCCC1. The molecule has 100 valence electrons. The van der Waals surface area contributed by atoms with Crippen LogP contribution in [0, 0.1) is 5.92 Å². The summed E-state index contributed by atoms with van der Waals surface area (Å²) in [4.78, 5) is 11.6. The first-order valence-corrected chi connectivity index (χ1v) is 7.09. The van der Waals surface area contributed by atoms with E-state index in [1.807, 2.05) is 0 Å². The van der Waals surface area contributed by atoms with Crippen molar-refractivity contribution < 1.29 is 9.90 Å². The maximum Gasteiger partial charge on any atom is 0.323 e. The van der Waals surface area contributed by atoms with Crippen LogP contribution in [0.1, 0.15) is 65.2 Å². The van der Waals surface area contributed by atoms with Gasteiger partial charge in [-0.3, -0.25) is 4.79 Å². The largest absolute Gasteiger partial charge is 0.480 e. The summed E-state index contributed by atoms with van der Waals surface area (Å²) in [6.07, 6.45) is 8.39. The fourth-order valence-electron chi connectivity index (χ4n) is 2.49. The van der Waals surface area contributed by atoms with Crippen LogP contribution in [-0.4, -0.2) is 23.2 Å². The standard InChI is InChI=1S/C14H27NO2/c1-3-12(2)11-15-14(13(16)17)9-7-5-4-6-8-10-14/h12,15H,3-11H2,1-2H3,(H,16,17). The summed E-state index contributed by atoms with van der Waals surface area (Å²) in [6, 6.07) is 0. The fraction of sp³-hybridized carbons (Fsp3) is 0.929. The van der Waals surface area contributed by atoms with Crippen LogP contribution in [-0.2, 0) is 4.79 Å². The van der Waals surface area contributed by atoms with Gasteiger partial charge in [0, 0.05) is 0 Å². The van der Waals surface area contributed by atoms with E-state index in [-0.39, 0.29) is 0 Å². The molecule has 0 amide bonds. The Bertz CT molecular complexity index is 232. The predicted octanol–water partition coefficient (Wildman–Crippen LogP) is 3.19. The molecule has 1 atom stereocenters. The Morgan fingerprint density at radius 2 is 1.76 bits per heavy atom. The molecule has 0 spiro atoms. The van der Waals surface area contributed by atoms with Gasteiger partial charge in [0.25, 0.3) is 0 Å². The lowest BCUT2D eigenvalue weighted by Gasteiger charge is -2.33. The highest BCUT2D eigenvalue weighted by Gasteiger charge is 2.37. The number of nitrogens with one attached hydrogen (secondary N) is 1. The topological polar surface area (TPSA) is 49.3 Å². The van der Waals surface area contributed by atoms with Crippen molar-refractivity contribution in [3.63, 3.8) is 0 Å². The highest BCUT2D eigenvalue weighted by molar-refractivity contribution is 5.78. The van der Waals surface area contributed by atoms with Gasteiger partial charge in [-0.1, -0.05) is 52.4 Å². The number of rotatable bonds is 5. The van der Waals surface area contributed by atoms with E-state index in [1.54, 1.807) is 0 Å². The lowest BCUT2D eigenvalue weighted by atomic mass is 9.83. The number of carboxylic acids is 1. The molecular formula is C14H27NO2. The summed E-state index contributed by atoms with van der Waals surface area (Å²) in [5.41, 5.74) is -0.649. The van der Waals surface area contributed by atoms with Crippen LogP contribution in [0.4, 0.5) is 0 Å². The number of carbonyl (C=O) groups is 1. The average Bonchev–Trinajstić information content (AvgIpc) is 2.27. The van der Waals surface area contributed by atoms with Gasteiger partial charge >= 0.3 is 5.97 Å². The number of carboxylic acid groups (broad SMARTS) is 1. The average molecular weight is 241 g/mol. The second kappa shape index (κ2) is 7.00. The Balaban J connectivity index is 2.61.